The molecule has 0 bridgehead atoms. The second-order valence-electron chi connectivity index (χ2n) is 1.35. The third-order valence-corrected chi connectivity index (χ3v) is 0.707. The zero-order valence-electron chi connectivity index (χ0n) is 4.12. The summed E-state index contributed by atoms with van der Waals surface area (Å²) in [6.07, 6.45) is 0. The summed E-state index contributed by atoms with van der Waals surface area (Å²) in [5.74, 6) is 0. The van der Waals surface area contributed by atoms with Crippen LogP contribution in [0.5, 0.6) is 0 Å². The van der Waals surface area contributed by atoms with E-state index < -0.39 is 0 Å². The van der Waals surface area contributed by atoms with E-state index in [1.807, 2.05) is 0 Å². The van der Waals surface area contributed by atoms with Gasteiger partial charge in [-0.05, 0) is 0 Å². The molecule has 0 aromatic heterocycles. The fraction of sp³-hybridized carbons (Fsp3) is 0. The van der Waals surface area contributed by atoms with Gasteiger partial charge in [0.25, 0.3) is 0 Å². The van der Waals surface area contributed by atoms with Crippen molar-refractivity contribution in [2.24, 2.45) is 0 Å². The lowest BCUT2D eigenvalue weighted by Crippen LogP contribution is -2.11. The maximum atomic E-state index is 2.21. The molecule has 0 amide bonds. The van der Waals surface area contributed by atoms with Crippen molar-refractivity contribution in [3.8, 4) is 0 Å². The van der Waals surface area contributed by atoms with Crippen LogP contribution >= 0.6 is 0 Å². The van der Waals surface area contributed by atoms with Gasteiger partial charge < -0.3 is 0 Å². The molecule has 0 aromatic rings. The van der Waals surface area contributed by atoms with Crippen molar-refractivity contribution in [3.63, 3.8) is 0 Å². The molecule has 0 fully saturated rings. The lowest BCUT2D eigenvalue weighted by atomic mass is 9.08. The lowest BCUT2D eigenvalue weighted by Gasteiger charge is -1.69. The van der Waals surface area contributed by atoms with Gasteiger partial charge in [-0.2, -0.15) is 0 Å². The number of hydrogen-bond acceptors (Lipinski definition) is 0. The largest absolute Gasteiger partial charge is 0.0597 e. The van der Waals surface area contributed by atoms with Crippen LogP contribution in [0, 0.1) is 0 Å². The van der Waals surface area contributed by atoms with Gasteiger partial charge >= 0.3 is 0 Å². The summed E-state index contributed by atoms with van der Waals surface area (Å²) >= 11 is 0. The van der Waals surface area contributed by atoms with Crippen LogP contribution in [0.15, 0.2) is 0 Å². The van der Waals surface area contributed by atoms with Crippen LogP contribution in [0.2, 0.25) is 0 Å². The maximum Gasteiger partial charge on any atom is 0.0597 e. The van der Waals surface area contributed by atoms with Crippen molar-refractivity contribution in [1.29, 1.82) is 0 Å². The zero-order chi connectivity index (χ0) is 4.12. The summed E-state index contributed by atoms with van der Waals surface area (Å²) in [5, 5.41) is 0. The molecule has 0 spiro atoms. The summed E-state index contributed by atoms with van der Waals surface area (Å²) < 4.78 is 0. The van der Waals surface area contributed by atoms with Crippen molar-refractivity contribution in [1.82, 2.24) is 0 Å². The monoisotopic (exact) mass is 62.1 g/mol. The van der Waals surface area contributed by atoms with E-state index in [2.05, 4.69) is 15.5 Å². The second-order valence-corrected chi connectivity index (χ2v) is 1.35. The van der Waals surface area contributed by atoms with E-state index in [0.29, 0.717) is 0 Å². The van der Waals surface area contributed by atoms with Gasteiger partial charge in [0.05, 0.1) is 15.5 Å². The first kappa shape index (κ1) is 5.32. The highest BCUT2D eigenvalue weighted by atomic mass is 12.5. The Kier molecular flexibility index (Phi) is 4.61. The molecule has 0 heterocycles. The van der Waals surface area contributed by atoms with Crippen molar-refractivity contribution >= 4 is 36.7 Å². The van der Waals surface area contributed by atoms with E-state index in [4.69, 9.17) is 0 Å². The molecule has 0 saturated heterocycles. The van der Waals surface area contributed by atoms with Crippen molar-refractivity contribution in [3.05, 3.63) is 0 Å². The van der Waals surface area contributed by atoms with Crippen LogP contribution in [-0.4, -0.2) is 36.7 Å². The molecule has 0 unspecified atom stereocenters. The Balaban J connectivity index is 2.19. The number of rotatable bonds is 2. The van der Waals surface area contributed by atoms with Gasteiger partial charge in [-0.3, -0.25) is 0 Å². The van der Waals surface area contributed by atoms with Crippen LogP contribution in [-0.2, 0) is 0 Å². The molecule has 0 aliphatic heterocycles. The lowest BCUT2D eigenvalue weighted by molar-refractivity contribution is 4.02. The van der Waals surface area contributed by atoms with Gasteiger partial charge in [0.15, 0.2) is 0 Å². The van der Waals surface area contributed by atoms with Crippen LogP contribution < -0.4 is 0 Å². The minimum atomic E-state index is 1.34. The third-order valence-electron chi connectivity index (χ3n) is 0.707. The van der Waals surface area contributed by atoms with Crippen LogP contribution in [0.3, 0.4) is 0 Å². The smallest absolute Gasteiger partial charge is 0.0387 e. The van der Waals surface area contributed by atoms with Gasteiger partial charge in [0.2, 0.25) is 0 Å². The third kappa shape index (κ3) is 4.32. The normalized spacial score (nSPS) is 5.60. The average Bonchev–Trinajstić information content (AvgIpc) is 1.41. The quantitative estimate of drug-likeness (QED) is 0.287. The highest BCUT2D eigenvalue weighted by Gasteiger charge is 1.78. The van der Waals surface area contributed by atoms with E-state index in [0.717, 1.165) is 0 Å². The highest BCUT2D eigenvalue weighted by molar-refractivity contribution is 7.49. The average molecular weight is 61.1 g/mol. The maximum absolute atomic E-state index is 2.21. The molecular formula is H7B5. The topological polar surface area (TPSA) is 0 Å². The van der Waals surface area contributed by atoms with Crippen molar-refractivity contribution in [2.75, 3.05) is 0 Å². The minimum Gasteiger partial charge on any atom is 0.0387 e. The van der Waals surface area contributed by atoms with Gasteiger partial charge in [-0.25, -0.2) is 0 Å². The highest BCUT2D eigenvalue weighted by Crippen LogP contribution is 1.35. The summed E-state index contributed by atoms with van der Waals surface area (Å²) in [5.41, 5.74) is 0. The summed E-state index contributed by atoms with van der Waals surface area (Å²) in [6.45, 7) is 0. The number of hydrogen-bond donors (Lipinski definition) is 0. The molecule has 0 aliphatic rings. The molecule has 22 valence electrons. The molecule has 0 radical (unpaired) electrons. The summed E-state index contributed by atoms with van der Waals surface area (Å²) in [4.78, 5) is 0. The van der Waals surface area contributed by atoms with E-state index in [9.17, 15) is 0 Å². The molecular weight excluding hydrogens is 54.1 g/mol. The van der Waals surface area contributed by atoms with Gasteiger partial charge in [0, 0.05) is 21.2 Å². The molecule has 0 aliphatic carbocycles. The Hall–Kier alpha value is 0.325. The molecule has 0 aromatic carbocycles. The first-order valence-electron chi connectivity index (χ1n) is 2.41. The second kappa shape index (κ2) is 4.32. The van der Waals surface area contributed by atoms with Crippen LogP contribution in [0.1, 0.15) is 0 Å². The van der Waals surface area contributed by atoms with Crippen LogP contribution in [0.4, 0.5) is 0 Å². The van der Waals surface area contributed by atoms with Crippen molar-refractivity contribution < 1.29 is 0 Å². The first-order chi connectivity index (χ1) is 2.41. The van der Waals surface area contributed by atoms with Gasteiger partial charge in [-0.15, -0.1) is 0 Å². The molecule has 0 N–H and O–H groups in total. The Labute approximate surface area is 37.6 Å². The predicted molar refractivity (Wildman–Crippen MR) is 38.5 cm³/mol. The Morgan fingerprint density at radius 1 is 1.00 bits per heavy atom. The standard InChI is InChI=1S/B5H7/c1-3-5-4-2/h3-5H,1-2H2. The predicted octanol–water partition coefficient (Wildman–Crippen LogP) is -3.78. The van der Waals surface area contributed by atoms with E-state index in [1.54, 1.807) is 0 Å². The van der Waals surface area contributed by atoms with Crippen molar-refractivity contribution in [2.45, 2.75) is 0 Å². The summed E-state index contributed by atoms with van der Waals surface area (Å²) in [6, 6.07) is 0. The molecule has 0 saturated carbocycles. The zero-order valence-corrected chi connectivity index (χ0v) is 4.12. The molecule has 5 heavy (non-hydrogen) atoms. The first-order valence-corrected chi connectivity index (χ1v) is 2.41. The molecule has 0 nitrogen and oxygen atoms in total. The van der Waals surface area contributed by atoms with E-state index >= 15 is 0 Å². The van der Waals surface area contributed by atoms with E-state index in [-0.39, 0.29) is 0 Å². The van der Waals surface area contributed by atoms with Gasteiger partial charge in [0.1, 0.15) is 0 Å². The Morgan fingerprint density at radius 3 is 1.40 bits per heavy atom. The Bertz CT molecular complexity index is 7.51. The fourth-order valence-corrected chi connectivity index (χ4v) is 0.354. The fourth-order valence-electron chi connectivity index (χ4n) is 0.354. The molecule has 5 heteroatoms. The Morgan fingerprint density at radius 2 is 1.40 bits per heavy atom. The summed E-state index contributed by atoms with van der Waals surface area (Å²) in [7, 11) is 8.50. The molecule has 0 rings (SSSR count). The minimum absolute atomic E-state index is 1.34. The van der Waals surface area contributed by atoms with Gasteiger partial charge in [-0.1, -0.05) is 0 Å². The van der Waals surface area contributed by atoms with Crippen LogP contribution in [0.25, 0.3) is 0 Å². The SMILES string of the molecule is BBBBB. The van der Waals surface area contributed by atoms with E-state index in [1.165, 1.54) is 21.2 Å². The molecule has 0 atom stereocenters.